The van der Waals surface area contributed by atoms with Gasteiger partial charge >= 0.3 is 11.9 Å². The molecule has 4 rings (SSSR count). The van der Waals surface area contributed by atoms with Crippen molar-refractivity contribution in [2.75, 3.05) is 40.4 Å². The lowest BCUT2D eigenvalue weighted by molar-refractivity contribution is -0.250. The molecule has 2 fully saturated rings. The van der Waals surface area contributed by atoms with Crippen molar-refractivity contribution in [1.29, 1.82) is 0 Å². The van der Waals surface area contributed by atoms with Crippen molar-refractivity contribution in [3.8, 4) is 23.0 Å². The lowest BCUT2D eigenvalue weighted by Gasteiger charge is -2.38. The molecular formula is C22H24N2O8. The van der Waals surface area contributed by atoms with Gasteiger partial charge in [0.25, 0.3) is 0 Å². The van der Waals surface area contributed by atoms with E-state index < -0.39 is 11.9 Å². The van der Waals surface area contributed by atoms with Crippen molar-refractivity contribution in [3.05, 3.63) is 48.5 Å². The second-order valence-corrected chi connectivity index (χ2v) is 7.28. The highest BCUT2D eigenvalue weighted by Gasteiger charge is 2.37. The summed E-state index contributed by atoms with van der Waals surface area (Å²) in [5.74, 6) is 0.692. The average Bonchev–Trinajstić information content (AvgIpc) is 2.76. The zero-order valence-corrected chi connectivity index (χ0v) is 17.8. The third-order valence-electron chi connectivity index (χ3n) is 4.94. The fourth-order valence-electron chi connectivity index (χ4n) is 3.10. The summed E-state index contributed by atoms with van der Waals surface area (Å²) in [6.07, 6.45) is -0.281. The van der Waals surface area contributed by atoms with Gasteiger partial charge in [-0.05, 0) is 48.5 Å². The number of methoxy groups -OCH3 is 2. The molecule has 10 heteroatoms. The number of hydroxylamine groups is 4. The van der Waals surface area contributed by atoms with Crippen LogP contribution < -0.4 is 18.9 Å². The molecule has 0 aliphatic carbocycles. The smallest absolute Gasteiger partial charge is 0.438 e. The maximum atomic E-state index is 11.9. The van der Waals surface area contributed by atoms with E-state index in [4.69, 9.17) is 28.6 Å². The molecule has 0 aromatic heterocycles. The van der Waals surface area contributed by atoms with Crippen molar-refractivity contribution in [2.24, 2.45) is 0 Å². The molecule has 2 aliphatic heterocycles. The van der Waals surface area contributed by atoms with Crippen LogP contribution in [-0.4, -0.2) is 74.7 Å². The number of nitrogens with zero attached hydrogens (tertiary/aromatic N) is 2. The highest BCUT2D eigenvalue weighted by molar-refractivity contribution is 6.29. The minimum absolute atomic E-state index is 0.140. The normalized spacial score (nSPS) is 16.9. The molecule has 2 aliphatic rings. The molecule has 0 bridgehead atoms. The number of hydrogen-bond donors (Lipinski definition) is 0. The lowest BCUT2D eigenvalue weighted by atomic mass is 10.2. The molecule has 2 heterocycles. The average molecular weight is 444 g/mol. The SMILES string of the molecule is COc1ccc(OC2CN(OC(=O)C(=O)ON3CC(Oc4ccc(OC)cc4)C3)C2)cc1. The van der Waals surface area contributed by atoms with E-state index in [1.807, 2.05) is 0 Å². The Labute approximate surface area is 185 Å². The third kappa shape index (κ3) is 5.40. The number of carbonyl (C=O) groups is 2. The van der Waals surface area contributed by atoms with Gasteiger partial charge in [0.05, 0.1) is 40.4 Å². The molecule has 0 N–H and O–H groups in total. The minimum atomic E-state index is -1.08. The lowest BCUT2D eigenvalue weighted by Crippen LogP contribution is -2.56. The molecule has 0 amide bonds. The van der Waals surface area contributed by atoms with E-state index in [-0.39, 0.29) is 12.2 Å². The topological polar surface area (TPSA) is 96.0 Å². The Hall–Kier alpha value is -3.50. The molecule has 0 spiro atoms. The van der Waals surface area contributed by atoms with Crippen molar-refractivity contribution in [2.45, 2.75) is 12.2 Å². The van der Waals surface area contributed by atoms with Gasteiger partial charge in [-0.2, -0.15) is 0 Å². The summed E-state index contributed by atoms with van der Waals surface area (Å²) in [7, 11) is 3.19. The van der Waals surface area contributed by atoms with Crippen LogP contribution in [0.25, 0.3) is 0 Å². The summed E-state index contributed by atoms with van der Waals surface area (Å²) in [6, 6.07) is 14.4. The van der Waals surface area contributed by atoms with Crippen LogP contribution in [0.5, 0.6) is 23.0 Å². The number of ether oxygens (including phenoxy) is 4. The monoisotopic (exact) mass is 444 g/mol. The Morgan fingerprint density at radius 3 is 1.25 bits per heavy atom. The van der Waals surface area contributed by atoms with Gasteiger partial charge in [0.1, 0.15) is 35.2 Å². The first kappa shape index (κ1) is 21.7. The van der Waals surface area contributed by atoms with Gasteiger partial charge in [-0.15, -0.1) is 10.1 Å². The number of carbonyl (C=O) groups excluding carboxylic acids is 2. The summed E-state index contributed by atoms with van der Waals surface area (Å²) in [5.41, 5.74) is 0. The fraction of sp³-hybridized carbons (Fsp3) is 0.364. The zero-order chi connectivity index (χ0) is 22.5. The van der Waals surface area contributed by atoms with E-state index in [9.17, 15) is 9.59 Å². The Morgan fingerprint density at radius 2 is 0.938 bits per heavy atom. The highest BCUT2D eigenvalue weighted by atomic mass is 16.8. The maximum absolute atomic E-state index is 11.9. The molecule has 32 heavy (non-hydrogen) atoms. The number of rotatable bonds is 8. The van der Waals surface area contributed by atoms with Crippen LogP contribution in [0.15, 0.2) is 48.5 Å². The quantitative estimate of drug-likeness (QED) is 0.557. The van der Waals surface area contributed by atoms with E-state index in [2.05, 4.69) is 0 Å². The van der Waals surface area contributed by atoms with Crippen LogP contribution in [0, 0.1) is 0 Å². The van der Waals surface area contributed by atoms with E-state index in [1.165, 1.54) is 10.1 Å². The van der Waals surface area contributed by atoms with Crippen molar-refractivity contribution in [3.63, 3.8) is 0 Å². The summed E-state index contributed by atoms with van der Waals surface area (Å²) in [6.45, 7) is 1.41. The van der Waals surface area contributed by atoms with Gasteiger partial charge in [-0.3, -0.25) is 0 Å². The second-order valence-electron chi connectivity index (χ2n) is 7.28. The molecule has 2 aromatic carbocycles. The predicted molar refractivity (Wildman–Crippen MR) is 110 cm³/mol. The summed E-state index contributed by atoms with van der Waals surface area (Å²) in [4.78, 5) is 33.9. The van der Waals surface area contributed by atoms with Gasteiger partial charge in [0.2, 0.25) is 0 Å². The molecule has 10 nitrogen and oxygen atoms in total. The van der Waals surface area contributed by atoms with Crippen molar-refractivity contribution >= 4 is 11.9 Å². The Bertz CT molecular complexity index is 844. The third-order valence-corrected chi connectivity index (χ3v) is 4.94. The molecular weight excluding hydrogens is 420 g/mol. The van der Waals surface area contributed by atoms with Crippen LogP contribution in [-0.2, 0) is 19.3 Å². The van der Waals surface area contributed by atoms with E-state index in [1.54, 1.807) is 62.8 Å². The van der Waals surface area contributed by atoms with Crippen LogP contribution in [0.2, 0.25) is 0 Å². The van der Waals surface area contributed by atoms with E-state index in [0.29, 0.717) is 37.7 Å². The zero-order valence-electron chi connectivity index (χ0n) is 17.8. The minimum Gasteiger partial charge on any atom is -0.497 e. The first-order valence-electron chi connectivity index (χ1n) is 10.1. The Morgan fingerprint density at radius 1 is 0.625 bits per heavy atom. The molecule has 0 saturated carbocycles. The molecule has 0 radical (unpaired) electrons. The first-order chi connectivity index (χ1) is 15.5. The van der Waals surface area contributed by atoms with Crippen LogP contribution in [0.3, 0.4) is 0 Å². The standard InChI is InChI=1S/C22H24N2O8/c1-27-15-3-7-17(8-4-15)29-19-11-23(12-19)31-21(25)22(26)32-24-13-20(14-24)30-18-9-5-16(28-2)6-10-18/h3-10,19-20H,11-14H2,1-2H3. The van der Waals surface area contributed by atoms with E-state index in [0.717, 1.165) is 11.5 Å². The predicted octanol–water partition coefficient (Wildman–Crippen LogP) is 1.45. The largest absolute Gasteiger partial charge is 0.497 e. The molecule has 170 valence electrons. The van der Waals surface area contributed by atoms with Crippen LogP contribution in [0.4, 0.5) is 0 Å². The first-order valence-corrected chi connectivity index (χ1v) is 10.1. The number of benzene rings is 2. The van der Waals surface area contributed by atoms with E-state index >= 15 is 0 Å². The highest BCUT2D eigenvalue weighted by Crippen LogP contribution is 2.23. The summed E-state index contributed by atoms with van der Waals surface area (Å²) in [5, 5.41) is 2.70. The maximum Gasteiger partial charge on any atom is 0.438 e. The molecule has 0 atom stereocenters. The van der Waals surface area contributed by atoms with Gasteiger partial charge in [-0.1, -0.05) is 0 Å². The van der Waals surface area contributed by atoms with Crippen LogP contribution in [0.1, 0.15) is 0 Å². The van der Waals surface area contributed by atoms with Gasteiger partial charge < -0.3 is 28.6 Å². The second kappa shape index (κ2) is 9.75. The number of hydrogen-bond acceptors (Lipinski definition) is 10. The van der Waals surface area contributed by atoms with Crippen LogP contribution >= 0.6 is 0 Å². The van der Waals surface area contributed by atoms with Gasteiger partial charge in [-0.25, -0.2) is 9.59 Å². The van der Waals surface area contributed by atoms with Gasteiger partial charge in [0.15, 0.2) is 0 Å². The fourth-order valence-corrected chi connectivity index (χ4v) is 3.10. The van der Waals surface area contributed by atoms with Crippen molar-refractivity contribution in [1.82, 2.24) is 10.1 Å². The Balaban J connectivity index is 1.11. The van der Waals surface area contributed by atoms with Crippen molar-refractivity contribution < 1.29 is 38.2 Å². The van der Waals surface area contributed by atoms with Gasteiger partial charge in [0, 0.05) is 0 Å². The molecule has 2 saturated heterocycles. The molecule has 2 aromatic rings. The summed E-state index contributed by atoms with van der Waals surface area (Å²) < 4.78 is 21.7. The molecule has 0 unspecified atom stereocenters. The summed E-state index contributed by atoms with van der Waals surface area (Å²) >= 11 is 0. The Kier molecular flexibility index (Phi) is 6.62.